The molecule has 0 atom stereocenters. The monoisotopic (exact) mass is 369 g/mol. The Bertz CT molecular complexity index is 661. The first-order valence-corrected chi connectivity index (χ1v) is 7.93. The van der Waals surface area contributed by atoms with Crippen molar-refractivity contribution >= 4 is 27.5 Å². The van der Waals surface area contributed by atoms with Gasteiger partial charge in [-0.25, -0.2) is 4.39 Å². The van der Waals surface area contributed by atoms with Gasteiger partial charge in [0.25, 0.3) is 0 Å². The van der Waals surface area contributed by atoms with Crippen molar-refractivity contribution < 1.29 is 9.13 Å². The van der Waals surface area contributed by atoms with Crippen LogP contribution in [0.3, 0.4) is 0 Å². The predicted molar refractivity (Wildman–Crippen MR) is 85.5 cm³/mol. The molecule has 2 aromatic carbocycles. The van der Waals surface area contributed by atoms with E-state index in [1.807, 2.05) is 18.2 Å². The maximum Gasteiger partial charge on any atom is 0.142 e. The number of halogens is 3. The molecule has 1 aliphatic rings. The molecule has 0 saturated heterocycles. The number of ether oxygens (including phenoxy) is 1. The quantitative estimate of drug-likeness (QED) is 0.772. The van der Waals surface area contributed by atoms with Gasteiger partial charge < -0.3 is 10.1 Å². The summed E-state index contributed by atoms with van der Waals surface area (Å²) >= 11 is 9.29. The summed E-state index contributed by atoms with van der Waals surface area (Å²) in [6.07, 6.45) is 2.54. The molecule has 0 unspecified atom stereocenters. The fourth-order valence-corrected chi connectivity index (χ4v) is 2.62. The third-order valence-corrected chi connectivity index (χ3v) is 4.34. The number of benzene rings is 2. The topological polar surface area (TPSA) is 21.3 Å². The molecule has 0 radical (unpaired) electrons. The average Bonchev–Trinajstić information content (AvgIpc) is 3.26. The zero-order chi connectivity index (χ0) is 14.8. The Kier molecular flexibility index (Phi) is 4.48. The lowest BCUT2D eigenvalue weighted by Crippen LogP contribution is -2.15. The van der Waals surface area contributed by atoms with Crippen LogP contribution < -0.4 is 10.1 Å². The Labute approximate surface area is 136 Å². The number of nitrogens with one attached hydrogen (secondary N) is 1. The van der Waals surface area contributed by atoms with Gasteiger partial charge in [-0.05, 0) is 42.7 Å². The molecule has 1 N–H and O–H groups in total. The Hall–Kier alpha value is -1.10. The summed E-state index contributed by atoms with van der Waals surface area (Å²) in [5.74, 6) is 0.739. The zero-order valence-corrected chi connectivity index (χ0v) is 13.5. The van der Waals surface area contributed by atoms with E-state index in [1.54, 1.807) is 6.07 Å². The molecule has 0 amide bonds. The van der Waals surface area contributed by atoms with E-state index < -0.39 is 5.82 Å². The van der Waals surface area contributed by atoms with Gasteiger partial charge in [-0.3, -0.25) is 0 Å². The first-order chi connectivity index (χ1) is 10.1. The molecule has 0 aliphatic heterocycles. The summed E-state index contributed by atoms with van der Waals surface area (Å²) < 4.78 is 19.8. The molecule has 0 aromatic heterocycles. The van der Waals surface area contributed by atoms with Crippen molar-refractivity contribution in [1.29, 1.82) is 0 Å². The second-order valence-electron chi connectivity index (χ2n) is 5.09. The first kappa shape index (κ1) is 14.8. The van der Waals surface area contributed by atoms with E-state index in [-0.39, 0.29) is 5.02 Å². The molecule has 2 nitrogen and oxygen atoms in total. The molecule has 110 valence electrons. The molecule has 5 heteroatoms. The fraction of sp³-hybridized carbons (Fsp3) is 0.250. The van der Waals surface area contributed by atoms with Gasteiger partial charge >= 0.3 is 0 Å². The summed E-state index contributed by atoms with van der Waals surface area (Å²) in [6, 6.07) is 10.8. The van der Waals surface area contributed by atoms with Gasteiger partial charge in [0, 0.05) is 23.1 Å². The fourth-order valence-electron chi connectivity index (χ4n) is 1.95. The zero-order valence-electron chi connectivity index (χ0n) is 11.2. The third kappa shape index (κ3) is 3.96. The molecule has 0 heterocycles. The van der Waals surface area contributed by atoms with Crippen molar-refractivity contribution in [2.24, 2.45) is 0 Å². The second-order valence-corrected chi connectivity index (χ2v) is 6.35. The van der Waals surface area contributed by atoms with E-state index in [0.29, 0.717) is 17.5 Å². The van der Waals surface area contributed by atoms with Gasteiger partial charge in [0.15, 0.2) is 0 Å². The minimum absolute atomic E-state index is 0.0526. The highest BCUT2D eigenvalue weighted by Gasteiger charge is 2.20. The van der Waals surface area contributed by atoms with Crippen LogP contribution in [0.5, 0.6) is 11.5 Å². The average molecular weight is 371 g/mol. The van der Waals surface area contributed by atoms with Crippen molar-refractivity contribution in [2.75, 3.05) is 0 Å². The maximum absolute atomic E-state index is 13.1. The number of hydrogen-bond donors (Lipinski definition) is 1. The molecule has 0 bridgehead atoms. The molecule has 3 rings (SSSR count). The van der Waals surface area contributed by atoms with Crippen molar-refractivity contribution in [3.8, 4) is 11.5 Å². The normalized spacial score (nSPS) is 14.2. The summed E-state index contributed by atoms with van der Waals surface area (Å²) in [4.78, 5) is 0. The van der Waals surface area contributed by atoms with E-state index in [4.69, 9.17) is 16.3 Å². The summed E-state index contributed by atoms with van der Waals surface area (Å²) in [5.41, 5.74) is 1.19. The Balaban J connectivity index is 1.70. The van der Waals surface area contributed by atoms with Gasteiger partial charge in [0.05, 0.1) is 5.02 Å². The van der Waals surface area contributed by atoms with Gasteiger partial charge in [-0.15, -0.1) is 0 Å². The molecule has 1 saturated carbocycles. The van der Waals surface area contributed by atoms with Crippen LogP contribution in [-0.4, -0.2) is 6.04 Å². The van der Waals surface area contributed by atoms with Crippen molar-refractivity contribution in [3.05, 3.63) is 57.3 Å². The highest BCUT2D eigenvalue weighted by Crippen LogP contribution is 2.30. The highest BCUT2D eigenvalue weighted by atomic mass is 79.9. The minimum atomic E-state index is -0.452. The van der Waals surface area contributed by atoms with Gasteiger partial charge in [0.2, 0.25) is 0 Å². The first-order valence-electron chi connectivity index (χ1n) is 6.76. The lowest BCUT2D eigenvalue weighted by molar-refractivity contribution is 0.480. The second kappa shape index (κ2) is 6.34. The van der Waals surface area contributed by atoms with Crippen LogP contribution in [0.1, 0.15) is 18.4 Å². The molecule has 0 spiro atoms. The minimum Gasteiger partial charge on any atom is -0.457 e. The predicted octanol–water partition coefficient (Wildman–Crippen LogP) is 5.29. The van der Waals surface area contributed by atoms with Crippen LogP contribution in [0.2, 0.25) is 5.02 Å². The molecular weight excluding hydrogens is 357 g/mol. The standard InChI is InChI=1S/C16H14BrClFNO/c17-14-7-12(4-1-10(14)9-20-11-2-3-11)21-13-5-6-16(19)15(18)8-13/h1,4-8,11,20H,2-3,9H2. The van der Waals surface area contributed by atoms with E-state index in [0.717, 1.165) is 11.0 Å². The van der Waals surface area contributed by atoms with Crippen molar-refractivity contribution in [3.63, 3.8) is 0 Å². The number of hydrogen-bond acceptors (Lipinski definition) is 2. The maximum atomic E-state index is 13.1. The van der Waals surface area contributed by atoms with E-state index >= 15 is 0 Å². The Morgan fingerprint density at radius 3 is 2.57 bits per heavy atom. The largest absolute Gasteiger partial charge is 0.457 e. The highest BCUT2D eigenvalue weighted by molar-refractivity contribution is 9.10. The molecule has 21 heavy (non-hydrogen) atoms. The van der Waals surface area contributed by atoms with Gasteiger partial charge in [0.1, 0.15) is 17.3 Å². The molecular formula is C16H14BrClFNO. The van der Waals surface area contributed by atoms with Crippen LogP contribution in [0, 0.1) is 5.82 Å². The van der Waals surface area contributed by atoms with Crippen LogP contribution in [0.15, 0.2) is 40.9 Å². The summed E-state index contributed by atoms with van der Waals surface area (Å²) in [5, 5.41) is 3.52. The smallest absolute Gasteiger partial charge is 0.142 e. The molecule has 2 aromatic rings. The SMILES string of the molecule is Fc1ccc(Oc2ccc(CNC3CC3)c(Br)c2)cc1Cl. The lowest BCUT2D eigenvalue weighted by Gasteiger charge is -2.10. The van der Waals surface area contributed by atoms with E-state index in [1.165, 1.54) is 30.5 Å². The Morgan fingerprint density at radius 1 is 1.19 bits per heavy atom. The van der Waals surface area contributed by atoms with Crippen LogP contribution in [0.4, 0.5) is 4.39 Å². The van der Waals surface area contributed by atoms with Crippen molar-refractivity contribution in [1.82, 2.24) is 5.32 Å². The van der Waals surface area contributed by atoms with E-state index in [9.17, 15) is 4.39 Å². The summed E-state index contributed by atoms with van der Waals surface area (Å²) in [7, 11) is 0. The van der Waals surface area contributed by atoms with Crippen LogP contribution in [0.25, 0.3) is 0 Å². The molecule has 1 fully saturated rings. The van der Waals surface area contributed by atoms with Gasteiger partial charge in [-0.2, -0.15) is 0 Å². The Morgan fingerprint density at radius 2 is 1.90 bits per heavy atom. The van der Waals surface area contributed by atoms with Gasteiger partial charge in [-0.1, -0.05) is 33.6 Å². The van der Waals surface area contributed by atoms with Crippen LogP contribution >= 0.6 is 27.5 Å². The van der Waals surface area contributed by atoms with Crippen molar-refractivity contribution in [2.45, 2.75) is 25.4 Å². The molecule has 1 aliphatic carbocycles. The lowest BCUT2D eigenvalue weighted by atomic mass is 10.2. The number of rotatable bonds is 5. The van der Waals surface area contributed by atoms with Crippen LogP contribution in [-0.2, 0) is 6.54 Å². The van der Waals surface area contributed by atoms with E-state index in [2.05, 4.69) is 21.2 Å². The third-order valence-electron chi connectivity index (χ3n) is 3.31. The summed E-state index contributed by atoms with van der Waals surface area (Å²) in [6.45, 7) is 0.841.